The molecule has 1 heterocycles. The quantitative estimate of drug-likeness (QED) is 0.450. The van der Waals surface area contributed by atoms with E-state index in [4.69, 9.17) is 0 Å². The summed E-state index contributed by atoms with van der Waals surface area (Å²) in [6.07, 6.45) is 4.96. The Morgan fingerprint density at radius 3 is 2.82 bits per heavy atom. The minimum Gasteiger partial charge on any atom is -0.506 e. The number of aromatic nitrogens is 3. The van der Waals surface area contributed by atoms with Gasteiger partial charge in [-0.25, -0.2) is 4.39 Å². The van der Waals surface area contributed by atoms with Gasteiger partial charge in [0.05, 0.1) is 22.8 Å². The molecule has 2 aromatic carbocycles. The van der Waals surface area contributed by atoms with E-state index in [1.54, 1.807) is 12.1 Å². The molecule has 0 unspecified atom stereocenters. The van der Waals surface area contributed by atoms with Crippen LogP contribution in [0, 0.1) is 18.2 Å². The van der Waals surface area contributed by atoms with Gasteiger partial charge >= 0.3 is 0 Å². The largest absolute Gasteiger partial charge is 0.506 e. The predicted octanol–water partition coefficient (Wildman–Crippen LogP) is 5.60. The summed E-state index contributed by atoms with van der Waals surface area (Å²) < 4.78 is 15.9. The molecule has 3 aliphatic carbocycles. The zero-order valence-electron chi connectivity index (χ0n) is 18.4. The fourth-order valence-corrected chi connectivity index (χ4v) is 7.42. The van der Waals surface area contributed by atoms with Gasteiger partial charge in [0.15, 0.2) is 0 Å². The van der Waals surface area contributed by atoms with E-state index >= 15 is 0 Å². The van der Waals surface area contributed by atoms with Gasteiger partial charge in [0.25, 0.3) is 0 Å². The van der Waals surface area contributed by atoms with Gasteiger partial charge in [0.1, 0.15) is 17.3 Å². The molecule has 1 aromatic heterocycles. The van der Waals surface area contributed by atoms with Crippen molar-refractivity contribution in [3.63, 3.8) is 0 Å². The van der Waals surface area contributed by atoms with Crippen molar-refractivity contribution in [1.29, 1.82) is 0 Å². The van der Waals surface area contributed by atoms with Crippen molar-refractivity contribution < 1.29 is 14.6 Å². The molecule has 7 heteroatoms. The first-order valence-corrected chi connectivity index (χ1v) is 12.1. The molecule has 0 saturated heterocycles. The standard InChI is InChI=1S/C26H25BrFN3O2/c1-14-10-25-13-26(14,33)8-7-19(25)18-9-21(27)24(32)15(2)23(18)20(25)11-31-12-22(29-30-31)16-3-5-17(28)6-4-16/h3-6,9,12,19-20,32-33H,1,7-8,10-11,13H2,2H3/t19-,20-,25-,26-/m0/s1. The van der Waals surface area contributed by atoms with E-state index in [-0.39, 0.29) is 22.9 Å². The van der Waals surface area contributed by atoms with Crippen molar-refractivity contribution in [3.8, 4) is 17.0 Å². The number of fused-ring (bicyclic) bond motifs is 3. The Balaban J connectivity index is 1.45. The summed E-state index contributed by atoms with van der Waals surface area (Å²) in [4.78, 5) is 0. The zero-order valence-corrected chi connectivity index (χ0v) is 19.9. The number of phenols is 1. The molecule has 2 N–H and O–H groups in total. The van der Waals surface area contributed by atoms with Crippen LogP contribution in [0.3, 0.4) is 0 Å². The average Bonchev–Trinajstić information content (AvgIpc) is 3.40. The molecule has 0 amide bonds. The van der Waals surface area contributed by atoms with Gasteiger partial charge < -0.3 is 10.2 Å². The number of hydrogen-bond acceptors (Lipinski definition) is 4. The molecule has 0 aliphatic heterocycles. The van der Waals surface area contributed by atoms with Gasteiger partial charge in [-0.2, -0.15) is 0 Å². The highest BCUT2D eigenvalue weighted by atomic mass is 79.9. The van der Waals surface area contributed by atoms with E-state index in [9.17, 15) is 14.6 Å². The smallest absolute Gasteiger partial charge is 0.132 e. The van der Waals surface area contributed by atoms with Crippen LogP contribution in [0.2, 0.25) is 0 Å². The van der Waals surface area contributed by atoms with Crippen LogP contribution < -0.4 is 0 Å². The summed E-state index contributed by atoms with van der Waals surface area (Å²) in [6.45, 7) is 6.82. The van der Waals surface area contributed by atoms with Gasteiger partial charge in [-0.05, 0) is 112 Å². The third kappa shape index (κ3) is 2.91. The van der Waals surface area contributed by atoms with Crippen LogP contribution in [0.15, 0.2) is 53.2 Å². The fraction of sp³-hybridized carbons (Fsp3) is 0.385. The number of nitrogens with zero attached hydrogens (tertiary/aromatic N) is 3. The maximum atomic E-state index is 13.3. The molecule has 6 rings (SSSR count). The Morgan fingerprint density at radius 2 is 2.06 bits per heavy atom. The van der Waals surface area contributed by atoms with Crippen LogP contribution >= 0.6 is 15.9 Å². The zero-order chi connectivity index (χ0) is 23.1. The molecule has 2 fully saturated rings. The molecule has 2 saturated carbocycles. The maximum absolute atomic E-state index is 13.3. The van der Waals surface area contributed by atoms with E-state index < -0.39 is 5.60 Å². The number of benzene rings is 2. The summed E-state index contributed by atoms with van der Waals surface area (Å²) in [5.74, 6) is 0.344. The number of aromatic hydroxyl groups is 1. The number of rotatable bonds is 3. The number of aliphatic hydroxyl groups is 1. The van der Waals surface area contributed by atoms with Crippen molar-refractivity contribution in [2.75, 3.05) is 0 Å². The Kier molecular flexibility index (Phi) is 4.46. The predicted molar refractivity (Wildman–Crippen MR) is 126 cm³/mol. The Hall–Kier alpha value is -2.51. The Bertz CT molecular complexity index is 1300. The van der Waals surface area contributed by atoms with Crippen molar-refractivity contribution in [2.24, 2.45) is 5.41 Å². The minimum absolute atomic E-state index is 0.0605. The number of hydrogen-bond donors (Lipinski definition) is 2. The molecule has 170 valence electrons. The molecular formula is C26H25BrFN3O2. The fourth-order valence-electron chi connectivity index (χ4n) is 6.88. The highest BCUT2D eigenvalue weighted by Crippen LogP contribution is 2.72. The van der Waals surface area contributed by atoms with Crippen LogP contribution in [0.25, 0.3) is 11.3 Å². The van der Waals surface area contributed by atoms with Crippen LogP contribution in [-0.2, 0) is 6.54 Å². The first kappa shape index (κ1) is 21.1. The summed E-state index contributed by atoms with van der Waals surface area (Å²) in [5, 5.41) is 30.8. The summed E-state index contributed by atoms with van der Waals surface area (Å²) >= 11 is 3.54. The van der Waals surface area contributed by atoms with Gasteiger partial charge in [0, 0.05) is 11.5 Å². The molecule has 33 heavy (non-hydrogen) atoms. The normalized spacial score (nSPS) is 29.9. The molecule has 5 nitrogen and oxygen atoms in total. The van der Waals surface area contributed by atoms with E-state index in [0.717, 1.165) is 36.0 Å². The Labute approximate surface area is 200 Å². The maximum Gasteiger partial charge on any atom is 0.132 e. The molecule has 2 bridgehead atoms. The van der Waals surface area contributed by atoms with Crippen molar-refractivity contribution in [2.45, 2.75) is 56.6 Å². The van der Waals surface area contributed by atoms with E-state index in [1.807, 2.05) is 17.8 Å². The van der Waals surface area contributed by atoms with Crippen LogP contribution in [0.4, 0.5) is 4.39 Å². The molecule has 0 radical (unpaired) electrons. The first-order valence-electron chi connectivity index (χ1n) is 11.3. The lowest BCUT2D eigenvalue weighted by molar-refractivity contribution is 0.00370. The van der Waals surface area contributed by atoms with Gasteiger partial charge in [0.2, 0.25) is 0 Å². The summed E-state index contributed by atoms with van der Waals surface area (Å²) in [7, 11) is 0. The van der Waals surface area contributed by atoms with Crippen LogP contribution in [-0.4, -0.2) is 30.8 Å². The second kappa shape index (κ2) is 7.00. The third-order valence-electron chi connectivity index (χ3n) is 8.41. The monoisotopic (exact) mass is 509 g/mol. The van der Waals surface area contributed by atoms with E-state index in [1.165, 1.54) is 23.3 Å². The Morgan fingerprint density at radius 1 is 1.30 bits per heavy atom. The van der Waals surface area contributed by atoms with Crippen LogP contribution in [0.5, 0.6) is 5.75 Å². The molecule has 3 aromatic rings. The minimum atomic E-state index is -0.814. The highest BCUT2D eigenvalue weighted by molar-refractivity contribution is 9.10. The number of phenolic OH excluding ortho intramolecular Hbond substituents is 1. The van der Waals surface area contributed by atoms with Crippen molar-refractivity contribution >= 4 is 15.9 Å². The van der Waals surface area contributed by atoms with Crippen molar-refractivity contribution in [3.05, 3.63) is 75.7 Å². The van der Waals surface area contributed by atoms with Gasteiger partial charge in [-0.15, -0.1) is 5.10 Å². The summed E-state index contributed by atoms with van der Waals surface area (Å²) in [5.41, 5.74) is 4.76. The lowest BCUT2D eigenvalue weighted by Gasteiger charge is -2.42. The van der Waals surface area contributed by atoms with E-state index in [0.29, 0.717) is 29.1 Å². The molecule has 3 aliphatic rings. The average molecular weight is 510 g/mol. The highest BCUT2D eigenvalue weighted by Gasteiger charge is 2.64. The third-order valence-corrected chi connectivity index (χ3v) is 9.01. The summed E-state index contributed by atoms with van der Waals surface area (Å²) in [6, 6.07) is 8.31. The van der Waals surface area contributed by atoms with Gasteiger partial charge in [-0.1, -0.05) is 11.8 Å². The lowest BCUT2D eigenvalue weighted by Crippen LogP contribution is -2.39. The molecule has 4 atom stereocenters. The second-order valence-electron chi connectivity index (χ2n) is 10.0. The topological polar surface area (TPSA) is 71.2 Å². The molecular weight excluding hydrogens is 485 g/mol. The van der Waals surface area contributed by atoms with E-state index in [2.05, 4.69) is 38.9 Å². The second-order valence-corrected chi connectivity index (χ2v) is 10.9. The molecule has 1 spiro atoms. The first-order chi connectivity index (χ1) is 15.7. The SMILES string of the molecule is C=C1C[C@]23C[C@@]1(O)CC[C@H]2c1cc(Br)c(O)c(C)c1[C@@H]3Cn1cc(-c2ccc(F)cc2)nn1. The van der Waals surface area contributed by atoms with Crippen LogP contribution in [0.1, 0.15) is 54.2 Å². The number of halogens is 2. The lowest BCUT2D eigenvalue weighted by atomic mass is 9.63. The van der Waals surface area contributed by atoms with Crippen molar-refractivity contribution in [1.82, 2.24) is 15.0 Å². The van der Waals surface area contributed by atoms with Gasteiger partial charge in [-0.3, -0.25) is 4.68 Å².